The summed E-state index contributed by atoms with van der Waals surface area (Å²) in [6.07, 6.45) is 5.32. The summed E-state index contributed by atoms with van der Waals surface area (Å²) in [5, 5.41) is 18.3. The molecule has 6 rings (SSSR count). The molecular formula is C22H22N8O3S. The molecular weight excluding hydrogens is 456 g/mol. The zero-order valence-corrected chi connectivity index (χ0v) is 18.9. The van der Waals surface area contributed by atoms with Gasteiger partial charge in [0.25, 0.3) is 5.91 Å². The van der Waals surface area contributed by atoms with Crippen molar-refractivity contribution in [3.8, 4) is 16.5 Å². The molecule has 1 saturated heterocycles. The van der Waals surface area contributed by atoms with Crippen molar-refractivity contribution in [3.05, 3.63) is 56.2 Å². The van der Waals surface area contributed by atoms with Crippen LogP contribution < -0.4 is 21.7 Å². The second-order valence-electron chi connectivity index (χ2n) is 8.39. The first-order chi connectivity index (χ1) is 16.5. The molecule has 0 unspecified atom stereocenters. The molecule has 34 heavy (non-hydrogen) atoms. The number of carbonyl (C=O) groups excluding carboxylic acids is 1. The van der Waals surface area contributed by atoms with Crippen LogP contribution in [-0.4, -0.2) is 72.7 Å². The smallest absolute Gasteiger partial charge is 0.326 e. The average Bonchev–Trinajstić information content (AvgIpc) is 3.22. The number of thiophene rings is 1. The van der Waals surface area contributed by atoms with E-state index in [2.05, 4.69) is 20.4 Å². The Morgan fingerprint density at radius 3 is 2.79 bits per heavy atom. The van der Waals surface area contributed by atoms with E-state index in [-0.39, 0.29) is 23.5 Å². The Balaban J connectivity index is 1.45. The van der Waals surface area contributed by atoms with Crippen LogP contribution in [0.1, 0.15) is 28.2 Å². The number of fused-ring (bicyclic) bond motifs is 1. The number of H-pyrrole nitrogens is 2. The van der Waals surface area contributed by atoms with E-state index in [0.29, 0.717) is 40.0 Å². The highest BCUT2D eigenvalue weighted by molar-refractivity contribution is 7.17. The fourth-order valence-electron chi connectivity index (χ4n) is 3.94. The minimum absolute atomic E-state index is 0.0342. The molecule has 0 atom stereocenters. The maximum absolute atomic E-state index is 12.9. The Kier molecular flexibility index (Phi) is 5.03. The van der Waals surface area contributed by atoms with Crippen molar-refractivity contribution in [1.82, 2.24) is 34.8 Å². The summed E-state index contributed by atoms with van der Waals surface area (Å²) in [7, 11) is 0. The minimum Gasteiger partial charge on any atom is -0.493 e. The highest BCUT2D eigenvalue weighted by Crippen LogP contribution is 2.28. The lowest BCUT2D eigenvalue weighted by Gasteiger charge is -2.26. The summed E-state index contributed by atoms with van der Waals surface area (Å²) in [5.41, 5.74) is 1.66. The Bertz CT molecular complexity index is 1570. The molecule has 12 heteroatoms. The van der Waals surface area contributed by atoms with Crippen LogP contribution in [0, 0.1) is 0 Å². The van der Waals surface area contributed by atoms with Crippen LogP contribution in [0.25, 0.3) is 22.3 Å². The summed E-state index contributed by atoms with van der Waals surface area (Å²) in [6, 6.07) is 5.92. The van der Waals surface area contributed by atoms with E-state index in [9.17, 15) is 14.7 Å². The second-order valence-corrected chi connectivity index (χ2v) is 9.47. The quantitative estimate of drug-likeness (QED) is 0.321. The van der Waals surface area contributed by atoms with Gasteiger partial charge in [-0.25, -0.2) is 9.78 Å². The number of piperazine rings is 1. The number of nitrogens with one attached hydrogen (secondary N) is 3. The molecule has 0 spiro atoms. The second kappa shape index (κ2) is 8.22. The number of hydrogen-bond donors (Lipinski definition) is 4. The van der Waals surface area contributed by atoms with Gasteiger partial charge in [-0.15, -0.1) is 11.3 Å². The van der Waals surface area contributed by atoms with E-state index in [0.717, 1.165) is 30.8 Å². The van der Waals surface area contributed by atoms with Crippen molar-refractivity contribution in [3.63, 3.8) is 0 Å². The number of hydrogen-bond acceptors (Lipinski definition) is 8. The summed E-state index contributed by atoms with van der Waals surface area (Å²) < 4.78 is 1.66. The molecule has 0 aromatic carbocycles. The summed E-state index contributed by atoms with van der Waals surface area (Å²) in [5.74, 6) is -0.218. The molecule has 4 N–H and O–H groups in total. The van der Waals surface area contributed by atoms with Gasteiger partial charge in [-0.2, -0.15) is 9.61 Å². The van der Waals surface area contributed by atoms with Crippen LogP contribution in [0.15, 0.2) is 34.2 Å². The lowest BCUT2D eigenvalue weighted by atomic mass is 10.3. The SMILES string of the molecule is O=C(c1ccc(-c2cc(=NC3CC3)n3ncc(=Cc4[nH]c(=O)[nH]c4O)c3n2)s1)N1CCNCC1. The number of imidazole rings is 1. The van der Waals surface area contributed by atoms with Crippen LogP contribution in [0.4, 0.5) is 0 Å². The van der Waals surface area contributed by atoms with Gasteiger partial charge >= 0.3 is 5.69 Å². The van der Waals surface area contributed by atoms with Crippen LogP contribution in [0.2, 0.25) is 0 Å². The topological polar surface area (TPSA) is 144 Å². The van der Waals surface area contributed by atoms with Crippen molar-refractivity contribution in [2.24, 2.45) is 4.99 Å². The van der Waals surface area contributed by atoms with Crippen LogP contribution in [0.3, 0.4) is 0 Å². The molecule has 0 bridgehead atoms. The molecule has 2 fully saturated rings. The van der Waals surface area contributed by atoms with Gasteiger partial charge in [-0.1, -0.05) is 0 Å². The van der Waals surface area contributed by atoms with Gasteiger partial charge in [0, 0.05) is 37.5 Å². The molecule has 11 nitrogen and oxygen atoms in total. The Hall–Kier alpha value is -3.77. The molecule has 2 aliphatic rings. The normalized spacial score (nSPS) is 17.7. The molecule has 4 aromatic rings. The summed E-state index contributed by atoms with van der Waals surface area (Å²) in [6.45, 7) is 3.00. The van der Waals surface area contributed by atoms with E-state index in [4.69, 9.17) is 9.98 Å². The lowest BCUT2D eigenvalue weighted by Crippen LogP contribution is -2.46. The van der Waals surface area contributed by atoms with Crippen molar-refractivity contribution in [1.29, 1.82) is 0 Å². The molecule has 0 radical (unpaired) electrons. The average molecular weight is 479 g/mol. The van der Waals surface area contributed by atoms with Crippen molar-refractivity contribution < 1.29 is 9.90 Å². The van der Waals surface area contributed by atoms with E-state index >= 15 is 0 Å². The van der Waals surface area contributed by atoms with E-state index in [1.807, 2.05) is 23.1 Å². The lowest BCUT2D eigenvalue weighted by molar-refractivity contribution is 0.0740. The number of aromatic hydroxyl groups is 1. The number of aromatic nitrogens is 5. The maximum Gasteiger partial charge on any atom is 0.326 e. The third-order valence-corrected chi connectivity index (χ3v) is 6.95. The molecule has 174 valence electrons. The third kappa shape index (κ3) is 3.90. The molecule has 1 aliphatic heterocycles. The van der Waals surface area contributed by atoms with E-state index in [1.165, 1.54) is 11.3 Å². The molecule has 1 amide bonds. The number of amides is 1. The molecule has 5 heterocycles. The summed E-state index contributed by atoms with van der Waals surface area (Å²) >= 11 is 1.41. The van der Waals surface area contributed by atoms with Crippen molar-refractivity contribution in [2.45, 2.75) is 18.9 Å². The molecule has 1 saturated carbocycles. The summed E-state index contributed by atoms with van der Waals surface area (Å²) in [4.78, 5) is 42.3. The third-order valence-electron chi connectivity index (χ3n) is 5.85. The Morgan fingerprint density at radius 2 is 2.06 bits per heavy atom. The first-order valence-electron chi connectivity index (χ1n) is 11.1. The van der Waals surface area contributed by atoms with Gasteiger partial charge in [0.05, 0.1) is 27.7 Å². The van der Waals surface area contributed by atoms with Gasteiger partial charge in [0.2, 0.25) is 5.88 Å². The van der Waals surface area contributed by atoms with Crippen LogP contribution >= 0.6 is 11.3 Å². The van der Waals surface area contributed by atoms with Gasteiger partial charge in [-0.3, -0.25) is 14.8 Å². The Morgan fingerprint density at radius 1 is 1.24 bits per heavy atom. The first kappa shape index (κ1) is 20.8. The molecule has 4 aromatic heterocycles. The monoisotopic (exact) mass is 478 g/mol. The van der Waals surface area contributed by atoms with Gasteiger partial charge in [-0.05, 0) is 31.1 Å². The van der Waals surface area contributed by atoms with Crippen molar-refractivity contribution in [2.75, 3.05) is 26.2 Å². The number of aromatic amines is 2. The maximum atomic E-state index is 12.9. The fourth-order valence-corrected chi connectivity index (χ4v) is 4.87. The number of carbonyl (C=O) groups is 1. The predicted molar refractivity (Wildman–Crippen MR) is 126 cm³/mol. The highest BCUT2D eigenvalue weighted by Gasteiger charge is 2.22. The van der Waals surface area contributed by atoms with Gasteiger partial charge in [0.1, 0.15) is 5.69 Å². The van der Waals surface area contributed by atoms with E-state index < -0.39 is 5.69 Å². The van der Waals surface area contributed by atoms with Gasteiger partial charge in [0.15, 0.2) is 11.1 Å². The number of rotatable bonds is 4. The first-order valence-corrected chi connectivity index (χ1v) is 11.9. The fraction of sp³-hybridized carbons (Fsp3) is 0.318. The van der Waals surface area contributed by atoms with Crippen LogP contribution in [0.5, 0.6) is 5.88 Å². The van der Waals surface area contributed by atoms with Crippen LogP contribution in [-0.2, 0) is 0 Å². The van der Waals surface area contributed by atoms with Crippen molar-refractivity contribution >= 4 is 29.0 Å². The Labute approximate surface area is 196 Å². The van der Waals surface area contributed by atoms with Gasteiger partial charge < -0.3 is 20.3 Å². The predicted octanol–water partition coefficient (Wildman–Crippen LogP) is -0.164. The standard InChI is InChI=1S/C22H22N8O3S/c31-20-15(27-22(33)28-20)9-12-11-24-30-18(25-13-1-2-13)10-14(26-19(12)30)16-3-4-17(34-16)21(32)29-7-5-23-6-8-29/h3-4,9-11,13,23,31H,1-2,5-8H2,(H2,27,28,33). The van der Waals surface area contributed by atoms with E-state index in [1.54, 1.807) is 16.8 Å². The minimum atomic E-state index is -0.501. The highest BCUT2D eigenvalue weighted by atomic mass is 32.1. The number of nitrogens with zero attached hydrogens (tertiary/aromatic N) is 5. The zero-order chi connectivity index (χ0) is 23.2. The zero-order valence-electron chi connectivity index (χ0n) is 18.1. The largest absolute Gasteiger partial charge is 0.493 e. The molecule has 1 aliphatic carbocycles.